The molecule has 17 rings (SSSR count). The van der Waals surface area contributed by atoms with E-state index in [4.69, 9.17) is 9.98 Å². The lowest BCUT2D eigenvalue weighted by atomic mass is 9.84. The van der Waals surface area contributed by atoms with Gasteiger partial charge in [0.1, 0.15) is 0 Å². The van der Waals surface area contributed by atoms with Crippen molar-refractivity contribution >= 4 is 22.6 Å². The average molecular weight is 1420 g/mol. The van der Waals surface area contributed by atoms with E-state index < -0.39 is 11.8 Å². The van der Waals surface area contributed by atoms with E-state index in [1.165, 1.54) is 0 Å². The fraction of sp³-hybridized carbons (Fsp3) is 0.0185. The highest BCUT2D eigenvalue weighted by molar-refractivity contribution is 6.18. The lowest BCUT2D eigenvalue weighted by Gasteiger charge is -2.19. The highest BCUT2D eigenvalue weighted by Gasteiger charge is 2.41. The van der Waals surface area contributed by atoms with Gasteiger partial charge in [-0.1, -0.05) is 362 Å². The molecule has 2 aromatic heterocycles. The van der Waals surface area contributed by atoms with Gasteiger partial charge in [0.2, 0.25) is 0 Å². The van der Waals surface area contributed by atoms with Gasteiger partial charge in [0.05, 0.1) is 90.6 Å². The molecule has 0 fully saturated rings. The van der Waals surface area contributed by atoms with Crippen molar-refractivity contribution < 1.29 is 0 Å². The number of hydrogen-bond donors (Lipinski definition) is 2. The molecule has 1 aliphatic carbocycles. The predicted molar refractivity (Wildman–Crippen MR) is 455 cm³/mol. The second-order valence-corrected chi connectivity index (χ2v) is 26.6. The molecule has 2 N–H and O–H groups in total. The molecular formula is C108H64N4. The zero-order chi connectivity index (χ0) is 75.0. The van der Waals surface area contributed by atoms with Crippen LogP contribution in [-0.4, -0.2) is 21.4 Å². The van der Waals surface area contributed by atoms with Crippen molar-refractivity contribution in [1.29, 1.82) is 0 Å². The molecule has 0 saturated carbocycles. The first-order chi connectivity index (χ1) is 55.6. The summed E-state index contributed by atoms with van der Waals surface area (Å²) in [5, 5.41) is 0. The van der Waals surface area contributed by atoms with Gasteiger partial charge in [-0.25, -0.2) is 9.98 Å². The predicted octanol–water partition coefficient (Wildman–Crippen LogP) is 21.1. The molecule has 2 atom stereocenters. The maximum Gasteiger partial charge on any atom is 0.0903 e. The lowest BCUT2D eigenvalue weighted by Crippen LogP contribution is -2.17. The summed E-state index contributed by atoms with van der Waals surface area (Å²) in [5.41, 5.74) is 21.1. The molecule has 0 saturated heterocycles. The van der Waals surface area contributed by atoms with Crippen molar-refractivity contribution in [1.82, 2.24) is 9.97 Å². The van der Waals surface area contributed by atoms with E-state index in [1.807, 2.05) is 267 Å². The highest BCUT2D eigenvalue weighted by atomic mass is 14.9. The van der Waals surface area contributed by atoms with Gasteiger partial charge in [-0.3, -0.25) is 0 Å². The number of aromatic amines is 2. The number of nitrogens with one attached hydrogen (secondary N) is 2. The zero-order valence-electron chi connectivity index (χ0n) is 60.7. The Labute approximate surface area is 654 Å². The average Bonchev–Trinajstić information content (AvgIpc) is 1.56. The van der Waals surface area contributed by atoms with Crippen LogP contribution in [0.5, 0.6) is 0 Å². The monoisotopic (exact) mass is 1420 g/mol. The van der Waals surface area contributed by atoms with Crippen LogP contribution in [0, 0.1) is 94.7 Å². The summed E-state index contributed by atoms with van der Waals surface area (Å²) in [7, 11) is 0. The number of aliphatic imine (C=N–C) groups is 2. The number of nitrogens with zero attached hydrogens (tertiary/aromatic N) is 2. The molecule has 8 bridgehead atoms. The van der Waals surface area contributed by atoms with Crippen LogP contribution in [0.3, 0.4) is 0 Å². The second kappa shape index (κ2) is 32.8. The molecule has 0 spiro atoms. The minimum Gasteiger partial charge on any atom is -0.355 e. The SMILES string of the molecule is C(#Cc1ccccc1)C1=C(C#Cc2ccccc2)C2=C(c3ccccc3)c3[nH]c(c(C#Cc4ccccc4)c3C#Cc3ccccc3)C(c3ccccc3)C3=NC(=C(c4ccccc4)c4[nH]c(c(C#Cc5ccccc5)c4C#Cc4ccccc4)C(c4ccccc4)C1=N2)C(C#Cc1ccccc1)=C3C#Cc1ccccc1. The Morgan fingerprint density at radius 2 is 0.402 bits per heavy atom. The molecule has 0 amide bonds. The molecule has 0 radical (unpaired) electrons. The minimum absolute atomic E-state index is 0.551. The number of allylic oxidation sites excluding steroid dienone is 4. The van der Waals surface area contributed by atoms with E-state index in [2.05, 4.69) is 202 Å². The molecule has 2 aliphatic heterocycles. The smallest absolute Gasteiger partial charge is 0.0903 e. The molecule has 4 heterocycles. The molecular weight excluding hydrogens is 1350 g/mol. The Balaban J connectivity index is 1.15. The van der Waals surface area contributed by atoms with E-state index >= 15 is 0 Å². The van der Waals surface area contributed by atoms with Crippen LogP contribution in [-0.2, 0) is 0 Å². The van der Waals surface area contributed by atoms with E-state index in [0.29, 0.717) is 101 Å². The lowest BCUT2D eigenvalue weighted by molar-refractivity contribution is 1.00. The topological polar surface area (TPSA) is 56.3 Å². The normalized spacial score (nSPS) is 13.6. The van der Waals surface area contributed by atoms with Crippen LogP contribution >= 0.6 is 0 Å². The first-order valence-electron chi connectivity index (χ1n) is 37.1. The van der Waals surface area contributed by atoms with Crippen molar-refractivity contribution in [2.45, 2.75) is 11.8 Å². The largest absolute Gasteiger partial charge is 0.355 e. The minimum atomic E-state index is -0.792. The Morgan fingerprint density at radius 1 is 0.196 bits per heavy atom. The Morgan fingerprint density at radius 3 is 0.652 bits per heavy atom. The van der Waals surface area contributed by atoms with E-state index in [9.17, 15) is 0 Å². The van der Waals surface area contributed by atoms with E-state index in [0.717, 1.165) is 66.8 Å². The maximum atomic E-state index is 6.31. The van der Waals surface area contributed by atoms with Gasteiger partial charge >= 0.3 is 0 Å². The van der Waals surface area contributed by atoms with Crippen LogP contribution in [0.15, 0.2) is 408 Å². The van der Waals surface area contributed by atoms with Crippen LogP contribution in [0.4, 0.5) is 0 Å². The fourth-order valence-corrected chi connectivity index (χ4v) is 14.1. The van der Waals surface area contributed by atoms with Gasteiger partial charge in [-0.15, -0.1) is 0 Å². The number of hydrogen-bond acceptors (Lipinski definition) is 2. The van der Waals surface area contributed by atoms with Crippen molar-refractivity contribution in [3.8, 4) is 94.7 Å². The summed E-state index contributed by atoms with van der Waals surface area (Å²) < 4.78 is 0. The Bertz CT molecular complexity index is 6260. The molecule has 112 heavy (non-hydrogen) atoms. The quantitative estimate of drug-likeness (QED) is 0.165. The summed E-state index contributed by atoms with van der Waals surface area (Å²) in [6.07, 6.45) is 0. The van der Waals surface area contributed by atoms with Crippen molar-refractivity contribution in [3.05, 3.63) is 509 Å². The van der Waals surface area contributed by atoms with Gasteiger partial charge in [0, 0.05) is 67.0 Å². The van der Waals surface area contributed by atoms with Gasteiger partial charge in [0.25, 0.3) is 0 Å². The molecule has 516 valence electrons. The number of rotatable bonds is 4. The first kappa shape index (κ1) is 69.1. The summed E-state index contributed by atoms with van der Waals surface area (Å²) in [6, 6.07) is 123. The third kappa shape index (κ3) is 15.1. The molecule has 12 aromatic carbocycles. The van der Waals surface area contributed by atoms with Gasteiger partial charge in [-0.05, 0) is 119 Å². The number of benzene rings is 12. The van der Waals surface area contributed by atoms with Gasteiger partial charge in [-0.2, -0.15) is 0 Å². The standard InChI is InChI=1S/C108H64N4/c1-13-37-77(38-14-1)61-69-89-90(70-62-78-39-15-2-16-40-78)102-98(86-55-31-10-32-56-86)104-93(73-65-81-45-21-5-22-46-81)94(74-66-82-47-23-6-24-48-82)106(111-104)100(88-59-35-12-36-60-88)108-96(76-68-84-51-27-8-28-52-84)95(75-67-83-49-25-7-26-50-83)107(112-108)99(87-57-33-11-34-58-87)105-92(72-64-80-43-19-4-20-44-80)91(71-63-79-41-17-3-18-42-79)103(110-105)97(101(89)109-102)85-53-29-9-30-54-85/h1-60,97,100,109,112H. The van der Waals surface area contributed by atoms with E-state index in [-0.39, 0.29) is 0 Å². The number of H-pyrrole nitrogens is 2. The number of aromatic nitrogens is 2. The second-order valence-electron chi connectivity index (χ2n) is 26.6. The third-order valence-electron chi connectivity index (χ3n) is 19.3. The summed E-state index contributed by atoms with van der Waals surface area (Å²) in [5.74, 6) is 58.7. The zero-order valence-corrected chi connectivity index (χ0v) is 60.7. The summed E-state index contributed by atoms with van der Waals surface area (Å²) >= 11 is 0. The first-order valence-corrected chi connectivity index (χ1v) is 37.1. The van der Waals surface area contributed by atoms with Crippen LogP contribution in [0.1, 0.15) is 124 Å². The van der Waals surface area contributed by atoms with Crippen LogP contribution in [0.2, 0.25) is 0 Å². The third-order valence-corrected chi connectivity index (χ3v) is 19.3. The molecule has 14 aromatic rings. The van der Waals surface area contributed by atoms with Crippen molar-refractivity contribution in [3.63, 3.8) is 0 Å². The van der Waals surface area contributed by atoms with Crippen LogP contribution < -0.4 is 0 Å². The maximum absolute atomic E-state index is 6.31. The molecule has 4 heteroatoms. The Hall–Kier alpha value is -16.0. The van der Waals surface area contributed by atoms with Crippen LogP contribution in [0.25, 0.3) is 11.1 Å². The van der Waals surface area contributed by atoms with Crippen molar-refractivity contribution in [2.75, 3.05) is 0 Å². The van der Waals surface area contributed by atoms with Crippen molar-refractivity contribution in [2.24, 2.45) is 9.98 Å². The number of fused-ring (bicyclic) bond motifs is 10. The van der Waals surface area contributed by atoms with Gasteiger partial charge < -0.3 is 9.97 Å². The summed E-state index contributed by atoms with van der Waals surface area (Å²) in [4.78, 5) is 21.2. The fourth-order valence-electron chi connectivity index (χ4n) is 14.1. The van der Waals surface area contributed by atoms with E-state index in [1.54, 1.807) is 0 Å². The molecule has 3 aliphatic rings. The molecule has 2 unspecified atom stereocenters. The highest BCUT2D eigenvalue weighted by Crippen LogP contribution is 2.48. The van der Waals surface area contributed by atoms with Gasteiger partial charge in [0.15, 0.2) is 0 Å². The molecule has 4 nitrogen and oxygen atoms in total. The Kier molecular flexibility index (Phi) is 20.2. The summed E-state index contributed by atoms with van der Waals surface area (Å²) in [6.45, 7) is 0.